The molecule has 4 rings (SSSR count). The third-order valence-corrected chi connectivity index (χ3v) is 3.67. The monoisotopic (exact) mass is 352 g/mol. The number of halogens is 1. The number of aryl methyl sites for hydroxylation is 1. The molecule has 0 saturated carbocycles. The summed E-state index contributed by atoms with van der Waals surface area (Å²) in [6.07, 6.45) is 4.20. The Bertz CT molecular complexity index is 1150. The molecule has 3 aromatic heterocycles. The van der Waals surface area contributed by atoms with Crippen LogP contribution in [-0.4, -0.2) is 19.9 Å². The van der Waals surface area contributed by atoms with Crippen LogP contribution in [0.1, 0.15) is 5.56 Å². The zero-order valence-electron chi connectivity index (χ0n) is 13.6. The Morgan fingerprint density at radius 1 is 1.19 bits per heavy atom. The van der Waals surface area contributed by atoms with Crippen molar-refractivity contribution < 1.29 is 8.81 Å². The van der Waals surface area contributed by atoms with Gasteiger partial charge in [0.05, 0.1) is 17.4 Å². The lowest BCUT2D eigenvalue weighted by atomic mass is 10.2. The molecule has 0 spiro atoms. The molecule has 0 fully saturated rings. The SMILES string of the molecule is Cc1cnc(Nc2ccncc2F)nc1Nc1ccc2oc(=O)[nH]c2c1. The molecule has 0 saturated heterocycles. The third kappa shape index (κ3) is 3.09. The van der Waals surface area contributed by atoms with E-state index in [2.05, 4.69) is 30.6 Å². The van der Waals surface area contributed by atoms with E-state index in [1.165, 1.54) is 12.3 Å². The van der Waals surface area contributed by atoms with Gasteiger partial charge in [0.15, 0.2) is 11.4 Å². The number of oxazole rings is 1. The minimum Gasteiger partial charge on any atom is -0.408 e. The number of rotatable bonds is 4. The predicted molar refractivity (Wildman–Crippen MR) is 94.4 cm³/mol. The Morgan fingerprint density at radius 2 is 2.08 bits per heavy atom. The van der Waals surface area contributed by atoms with Gasteiger partial charge in [-0.1, -0.05) is 0 Å². The smallest absolute Gasteiger partial charge is 0.408 e. The highest BCUT2D eigenvalue weighted by Crippen LogP contribution is 2.23. The summed E-state index contributed by atoms with van der Waals surface area (Å²) < 4.78 is 18.7. The van der Waals surface area contributed by atoms with E-state index in [0.717, 1.165) is 11.8 Å². The highest BCUT2D eigenvalue weighted by atomic mass is 19.1. The topological polar surface area (TPSA) is 109 Å². The van der Waals surface area contributed by atoms with E-state index >= 15 is 0 Å². The van der Waals surface area contributed by atoms with Gasteiger partial charge in [-0.2, -0.15) is 4.98 Å². The van der Waals surface area contributed by atoms with Crippen molar-refractivity contribution in [2.45, 2.75) is 6.92 Å². The number of H-pyrrole nitrogens is 1. The van der Waals surface area contributed by atoms with Crippen LogP contribution in [0.5, 0.6) is 0 Å². The van der Waals surface area contributed by atoms with Gasteiger partial charge in [-0.15, -0.1) is 0 Å². The van der Waals surface area contributed by atoms with Crippen LogP contribution in [-0.2, 0) is 0 Å². The van der Waals surface area contributed by atoms with Crippen LogP contribution in [0.25, 0.3) is 11.1 Å². The number of anilines is 4. The lowest BCUT2D eigenvalue weighted by Gasteiger charge is -2.11. The predicted octanol–water partition coefficient (Wildman–Crippen LogP) is 3.24. The van der Waals surface area contributed by atoms with Crippen molar-refractivity contribution in [3.05, 3.63) is 64.8 Å². The Labute approximate surface area is 146 Å². The van der Waals surface area contributed by atoms with Gasteiger partial charge >= 0.3 is 5.76 Å². The molecule has 0 amide bonds. The highest BCUT2D eigenvalue weighted by Gasteiger charge is 2.09. The summed E-state index contributed by atoms with van der Waals surface area (Å²) in [6.45, 7) is 1.84. The second-order valence-corrected chi connectivity index (χ2v) is 5.56. The maximum Gasteiger partial charge on any atom is 0.417 e. The molecule has 26 heavy (non-hydrogen) atoms. The van der Waals surface area contributed by atoms with E-state index < -0.39 is 11.6 Å². The highest BCUT2D eigenvalue weighted by molar-refractivity contribution is 5.78. The summed E-state index contributed by atoms with van der Waals surface area (Å²) in [6, 6.07) is 6.67. The number of hydrogen-bond acceptors (Lipinski definition) is 7. The summed E-state index contributed by atoms with van der Waals surface area (Å²) >= 11 is 0. The summed E-state index contributed by atoms with van der Waals surface area (Å²) in [4.78, 5) is 26.1. The molecular weight excluding hydrogens is 339 g/mol. The first-order valence-corrected chi connectivity index (χ1v) is 7.68. The van der Waals surface area contributed by atoms with Crippen LogP contribution in [0.2, 0.25) is 0 Å². The van der Waals surface area contributed by atoms with Crippen molar-refractivity contribution >= 4 is 34.2 Å². The first-order chi connectivity index (χ1) is 12.6. The molecule has 0 bridgehead atoms. The maximum absolute atomic E-state index is 13.7. The van der Waals surface area contributed by atoms with E-state index in [-0.39, 0.29) is 11.6 Å². The van der Waals surface area contributed by atoms with Crippen molar-refractivity contribution in [2.24, 2.45) is 0 Å². The summed E-state index contributed by atoms with van der Waals surface area (Å²) in [5.74, 6) is -0.232. The second-order valence-electron chi connectivity index (χ2n) is 5.56. The fourth-order valence-corrected chi connectivity index (χ4v) is 2.39. The zero-order valence-corrected chi connectivity index (χ0v) is 13.6. The van der Waals surface area contributed by atoms with Crippen LogP contribution in [0.15, 0.2) is 52.1 Å². The van der Waals surface area contributed by atoms with E-state index in [0.29, 0.717) is 22.6 Å². The number of pyridine rings is 1. The summed E-state index contributed by atoms with van der Waals surface area (Å²) in [5.41, 5.74) is 2.77. The van der Waals surface area contributed by atoms with Gasteiger partial charge in [-0.3, -0.25) is 9.97 Å². The Kier molecular flexibility index (Phi) is 3.81. The van der Waals surface area contributed by atoms with Gasteiger partial charge in [0.1, 0.15) is 5.82 Å². The number of aromatic nitrogens is 4. The molecule has 3 N–H and O–H groups in total. The number of aromatic amines is 1. The fourth-order valence-electron chi connectivity index (χ4n) is 2.39. The zero-order chi connectivity index (χ0) is 18.1. The van der Waals surface area contributed by atoms with Crippen molar-refractivity contribution in [3.63, 3.8) is 0 Å². The van der Waals surface area contributed by atoms with E-state index in [9.17, 15) is 9.18 Å². The van der Waals surface area contributed by atoms with Crippen molar-refractivity contribution in [2.75, 3.05) is 10.6 Å². The molecule has 8 nitrogen and oxygen atoms in total. The number of fused-ring (bicyclic) bond motifs is 1. The average molecular weight is 352 g/mol. The van der Waals surface area contributed by atoms with Crippen LogP contribution in [0.4, 0.5) is 27.5 Å². The van der Waals surface area contributed by atoms with Gasteiger partial charge in [-0.05, 0) is 31.2 Å². The number of hydrogen-bond donors (Lipinski definition) is 3. The van der Waals surface area contributed by atoms with Crippen LogP contribution >= 0.6 is 0 Å². The molecular formula is C17H13FN6O2. The second kappa shape index (κ2) is 6.28. The average Bonchev–Trinajstić information content (AvgIpc) is 2.99. The normalized spacial score (nSPS) is 10.8. The van der Waals surface area contributed by atoms with E-state index in [4.69, 9.17) is 4.42 Å². The molecule has 0 atom stereocenters. The molecule has 0 unspecified atom stereocenters. The van der Waals surface area contributed by atoms with E-state index in [1.807, 2.05) is 6.92 Å². The summed E-state index contributed by atoms with van der Waals surface area (Å²) in [5, 5.41) is 5.97. The quantitative estimate of drug-likeness (QED) is 0.517. The molecule has 0 aliphatic carbocycles. The van der Waals surface area contributed by atoms with Gasteiger partial charge in [0.25, 0.3) is 0 Å². The molecule has 0 aliphatic rings. The Morgan fingerprint density at radius 3 is 2.92 bits per heavy atom. The van der Waals surface area contributed by atoms with Crippen LogP contribution < -0.4 is 16.4 Å². The standard InChI is InChI=1S/C17H13FN6O2/c1-9-7-20-16(22-12-4-5-19-8-11(12)18)24-15(9)21-10-2-3-14-13(6-10)23-17(25)26-14/h2-8H,1H3,(H,23,25)(H2,19,20,21,22,24). The molecule has 4 aromatic rings. The number of nitrogens with zero attached hydrogens (tertiary/aromatic N) is 3. The van der Waals surface area contributed by atoms with Gasteiger partial charge in [-0.25, -0.2) is 14.2 Å². The van der Waals surface area contributed by atoms with Crippen LogP contribution in [0, 0.1) is 12.7 Å². The van der Waals surface area contributed by atoms with Crippen LogP contribution in [0.3, 0.4) is 0 Å². The number of nitrogens with one attached hydrogen (secondary N) is 3. The van der Waals surface area contributed by atoms with Gasteiger partial charge in [0, 0.05) is 23.6 Å². The lowest BCUT2D eigenvalue weighted by Crippen LogP contribution is -2.03. The van der Waals surface area contributed by atoms with Gasteiger partial charge < -0.3 is 15.1 Å². The first-order valence-electron chi connectivity index (χ1n) is 7.68. The lowest BCUT2D eigenvalue weighted by molar-refractivity contribution is 0.555. The van der Waals surface area contributed by atoms with E-state index in [1.54, 1.807) is 24.4 Å². The Hall–Kier alpha value is -3.75. The number of benzene rings is 1. The minimum atomic E-state index is -0.513. The summed E-state index contributed by atoms with van der Waals surface area (Å²) in [7, 11) is 0. The molecule has 1 aromatic carbocycles. The van der Waals surface area contributed by atoms with Crippen molar-refractivity contribution in [1.82, 2.24) is 19.9 Å². The minimum absolute atomic E-state index is 0.229. The van der Waals surface area contributed by atoms with Crippen molar-refractivity contribution in [1.29, 1.82) is 0 Å². The molecule has 0 radical (unpaired) electrons. The third-order valence-electron chi connectivity index (χ3n) is 3.67. The largest absolute Gasteiger partial charge is 0.417 e. The fraction of sp³-hybridized carbons (Fsp3) is 0.0588. The Balaban J connectivity index is 1.63. The first kappa shape index (κ1) is 15.8. The maximum atomic E-state index is 13.7. The van der Waals surface area contributed by atoms with Gasteiger partial charge in [0.2, 0.25) is 5.95 Å². The molecule has 0 aliphatic heterocycles. The molecule has 3 heterocycles. The van der Waals surface area contributed by atoms with Crippen molar-refractivity contribution in [3.8, 4) is 0 Å². The molecule has 9 heteroatoms. The molecule has 130 valence electrons.